The second-order valence-electron chi connectivity index (χ2n) is 7.86. The van der Waals surface area contributed by atoms with Gasteiger partial charge in [0.15, 0.2) is 0 Å². The fourth-order valence-corrected chi connectivity index (χ4v) is 3.36. The van der Waals surface area contributed by atoms with Gasteiger partial charge in [-0.1, -0.05) is 0 Å². The van der Waals surface area contributed by atoms with Crippen LogP contribution in [0.2, 0.25) is 0 Å². The van der Waals surface area contributed by atoms with E-state index in [0.29, 0.717) is 28.7 Å². The second-order valence-corrected chi connectivity index (χ2v) is 7.86. The first-order chi connectivity index (χ1) is 16.4. The summed E-state index contributed by atoms with van der Waals surface area (Å²) in [6.07, 6.45) is -3.61. The van der Waals surface area contributed by atoms with E-state index in [2.05, 4.69) is 33.5 Å². The number of amides is 1. The summed E-state index contributed by atoms with van der Waals surface area (Å²) in [6.45, 7) is 7.75. The fraction of sp³-hybridized carbons (Fsp3) is 0.391. The molecule has 0 aliphatic carbocycles. The number of piperazine rings is 1. The van der Waals surface area contributed by atoms with Crippen molar-refractivity contribution in [2.24, 2.45) is 0 Å². The number of benzene rings is 1. The molecule has 9 nitrogen and oxygen atoms in total. The zero-order valence-corrected chi connectivity index (χ0v) is 19.4. The van der Waals surface area contributed by atoms with Gasteiger partial charge in [-0.05, 0) is 43.2 Å². The van der Waals surface area contributed by atoms with Crippen LogP contribution in [-0.2, 0) is 11.3 Å². The van der Waals surface area contributed by atoms with Crippen molar-refractivity contribution >= 4 is 17.6 Å². The SMILES string of the molecule is COc1ccc(C(=O)Nc2cc(C#N)cc(CN3CCN[C@@H](C)C3)c2C)cn1.O=C(O)C(F)(F)F. The molecule has 3 rings (SSSR count). The topological polar surface area (TPSA) is 128 Å². The number of aliphatic carboxylic acids is 1. The maximum absolute atomic E-state index is 12.6. The van der Waals surface area contributed by atoms with Crippen LogP contribution in [0.15, 0.2) is 30.5 Å². The molecule has 1 amide bonds. The molecule has 0 spiro atoms. The van der Waals surface area contributed by atoms with Crippen molar-refractivity contribution in [3.63, 3.8) is 0 Å². The van der Waals surface area contributed by atoms with E-state index in [9.17, 15) is 23.2 Å². The van der Waals surface area contributed by atoms with E-state index < -0.39 is 12.1 Å². The summed E-state index contributed by atoms with van der Waals surface area (Å²) in [5, 5.41) is 22.9. The number of carbonyl (C=O) groups excluding carboxylic acids is 1. The number of anilines is 1. The molecule has 35 heavy (non-hydrogen) atoms. The van der Waals surface area contributed by atoms with Crippen LogP contribution >= 0.6 is 0 Å². The predicted octanol–water partition coefficient (Wildman–Crippen LogP) is 2.95. The molecule has 1 aromatic carbocycles. The van der Waals surface area contributed by atoms with Gasteiger partial charge in [0.1, 0.15) is 0 Å². The Hall–Kier alpha value is -3.69. The molecule has 2 aromatic rings. The highest BCUT2D eigenvalue weighted by Crippen LogP contribution is 2.24. The Balaban J connectivity index is 0.000000540. The van der Waals surface area contributed by atoms with Gasteiger partial charge in [-0.3, -0.25) is 9.69 Å². The van der Waals surface area contributed by atoms with E-state index >= 15 is 0 Å². The Bertz CT molecular complexity index is 1080. The van der Waals surface area contributed by atoms with Crippen molar-refractivity contribution in [3.8, 4) is 11.9 Å². The number of pyridine rings is 1. The van der Waals surface area contributed by atoms with Gasteiger partial charge in [0.25, 0.3) is 5.91 Å². The normalized spacial score (nSPS) is 15.9. The van der Waals surface area contributed by atoms with Gasteiger partial charge in [-0.25, -0.2) is 9.78 Å². The third-order valence-electron chi connectivity index (χ3n) is 5.19. The molecule has 0 unspecified atom stereocenters. The van der Waals surface area contributed by atoms with Crippen molar-refractivity contribution in [1.29, 1.82) is 5.26 Å². The Morgan fingerprint density at radius 1 is 1.37 bits per heavy atom. The Morgan fingerprint density at radius 2 is 2.06 bits per heavy atom. The van der Waals surface area contributed by atoms with Crippen LogP contribution < -0.4 is 15.4 Å². The number of nitrogens with one attached hydrogen (secondary N) is 2. The van der Waals surface area contributed by atoms with Crippen molar-refractivity contribution in [2.75, 3.05) is 32.1 Å². The number of nitriles is 1. The smallest absolute Gasteiger partial charge is 0.481 e. The number of rotatable bonds is 5. The quantitative estimate of drug-likeness (QED) is 0.580. The third-order valence-corrected chi connectivity index (χ3v) is 5.19. The van der Waals surface area contributed by atoms with Gasteiger partial charge in [0.05, 0.1) is 24.3 Å². The number of carboxylic acid groups (broad SMARTS) is 1. The molecule has 188 valence electrons. The molecular weight excluding hydrogens is 467 g/mol. The molecule has 1 saturated heterocycles. The van der Waals surface area contributed by atoms with Crippen molar-refractivity contribution < 1.29 is 32.6 Å². The van der Waals surface area contributed by atoms with Gasteiger partial charge in [-0.15, -0.1) is 0 Å². The minimum atomic E-state index is -5.08. The fourth-order valence-electron chi connectivity index (χ4n) is 3.36. The average molecular weight is 493 g/mol. The third kappa shape index (κ3) is 8.24. The lowest BCUT2D eigenvalue weighted by Crippen LogP contribution is -2.48. The number of ether oxygens (including phenoxy) is 1. The van der Waals surface area contributed by atoms with Crippen LogP contribution in [0.25, 0.3) is 0 Å². The summed E-state index contributed by atoms with van der Waals surface area (Å²) < 4.78 is 36.8. The van der Waals surface area contributed by atoms with Gasteiger partial charge in [0.2, 0.25) is 5.88 Å². The summed E-state index contributed by atoms with van der Waals surface area (Å²) >= 11 is 0. The Kier molecular flexibility index (Phi) is 9.56. The maximum Gasteiger partial charge on any atom is 0.490 e. The lowest BCUT2D eigenvalue weighted by Gasteiger charge is -2.32. The van der Waals surface area contributed by atoms with E-state index in [-0.39, 0.29) is 5.91 Å². The highest BCUT2D eigenvalue weighted by atomic mass is 19.4. The predicted molar refractivity (Wildman–Crippen MR) is 121 cm³/mol. The number of alkyl halides is 3. The number of hydrogen-bond acceptors (Lipinski definition) is 7. The van der Waals surface area contributed by atoms with E-state index in [1.54, 1.807) is 18.2 Å². The lowest BCUT2D eigenvalue weighted by molar-refractivity contribution is -0.192. The number of nitrogens with zero attached hydrogens (tertiary/aromatic N) is 3. The number of carboxylic acids is 1. The lowest BCUT2D eigenvalue weighted by atomic mass is 10.0. The molecule has 1 aromatic heterocycles. The average Bonchev–Trinajstić information content (AvgIpc) is 2.81. The van der Waals surface area contributed by atoms with Crippen molar-refractivity contribution in [1.82, 2.24) is 15.2 Å². The Labute approximate surface area is 200 Å². The van der Waals surface area contributed by atoms with Crippen LogP contribution in [0.5, 0.6) is 5.88 Å². The molecule has 1 aliphatic rings. The summed E-state index contributed by atoms with van der Waals surface area (Å²) in [5.41, 5.74) is 3.64. The van der Waals surface area contributed by atoms with Crippen LogP contribution in [0, 0.1) is 18.3 Å². The first kappa shape index (κ1) is 27.6. The maximum atomic E-state index is 12.6. The standard InChI is InChI=1S/C21H25N5O2.C2HF3O2/c1-14-12-26(7-6-23-14)13-18-8-16(10-22)9-19(15(18)2)25-21(27)17-4-5-20(28-3)24-11-17;3-2(4,5)1(6)7/h4-5,8-9,11,14,23H,6-7,12-13H2,1-3H3,(H,25,27);(H,6,7)/t14-;/m0./s1. The zero-order chi connectivity index (χ0) is 26.2. The molecule has 0 bridgehead atoms. The first-order valence-electron chi connectivity index (χ1n) is 10.6. The van der Waals surface area contributed by atoms with Gasteiger partial charge >= 0.3 is 12.1 Å². The molecule has 12 heteroatoms. The Morgan fingerprint density at radius 3 is 2.57 bits per heavy atom. The largest absolute Gasteiger partial charge is 0.490 e. The van der Waals surface area contributed by atoms with Crippen LogP contribution in [0.1, 0.15) is 34.0 Å². The number of aromatic nitrogens is 1. The van der Waals surface area contributed by atoms with E-state index in [4.69, 9.17) is 14.6 Å². The minimum Gasteiger partial charge on any atom is -0.481 e. The monoisotopic (exact) mass is 493 g/mol. The summed E-state index contributed by atoms with van der Waals surface area (Å²) in [5.74, 6) is -2.57. The van der Waals surface area contributed by atoms with Crippen LogP contribution in [0.3, 0.4) is 0 Å². The zero-order valence-electron chi connectivity index (χ0n) is 19.4. The number of methoxy groups -OCH3 is 1. The van der Waals surface area contributed by atoms with Crippen molar-refractivity contribution in [3.05, 3.63) is 52.7 Å². The molecule has 1 aliphatic heterocycles. The molecular formula is C23H26F3N5O4. The van der Waals surface area contributed by atoms with Crippen molar-refractivity contribution in [2.45, 2.75) is 32.6 Å². The van der Waals surface area contributed by atoms with E-state index in [1.165, 1.54) is 13.3 Å². The molecule has 3 N–H and O–H groups in total. The second kappa shape index (κ2) is 12.1. The molecule has 2 heterocycles. The molecule has 1 fully saturated rings. The summed E-state index contributed by atoms with van der Waals surface area (Å²) in [7, 11) is 1.53. The number of hydrogen-bond donors (Lipinski definition) is 3. The minimum absolute atomic E-state index is 0.268. The molecule has 0 saturated carbocycles. The van der Waals surface area contributed by atoms with E-state index in [0.717, 1.165) is 37.3 Å². The highest BCUT2D eigenvalue weighted by molar-refractivity contribution is 6.04. The molecule has 1 atom stereocenters. The van der Waals surface area contributed by atoms with Crippen LogP contribution in [-0.4, -0.2) is 65.8 Å². The van der Waals surface area contributed by atoms with E-state index in [1.807, 2.05) is 13.0 Å². The molecule has 0 radical (unpaired) electrons. The van der Waals surface area contributed by atoms with Gasteiger partial charge < -0.3 is 20.5 Å². The highest BCUT2D eigenvalue weighted by Gasteiger charge is 2.38. The number of carbonyl (C=O) groups is 2. The number of halogens is 3. The van der Waals surface area contributed by atoms with Gasteiger partial charge in [-0.2, -0.15) is 18.4 Å². The summed E-state index contributed by atoms with van der Waals surface area (Å²) in [6, 6.07) is 9.57. The van der Waals surface area contributed by atoms with Crippen LogP contribution in [0.4, 0.5) is 18.9 Å². The summed E-state index contributed by atoms with van der Waals surface area (Å²) in [4.78, 5) is 27.9. The first-order valence-corrected chi connectivity index (χ1v) is 10.6. The van der Waals surface area contributed by atoms with Gasteiger partial charge in [0, 0.05) is 50.2 Å².